The van der Waals surface area contributed by atoms with Crippen LogP contribution in [0.25, 0.3) is 11.0 Å². The molecule has 160 valence electrons. The third-order valence-corrected chi connectivity index (χ3v) is 4.35. The summed E-state index contributed by atoms with van der Waals surface area (Å²) in [6.07, 6.45) is 0. The van der Waals surface area contributed by atoms with Crippen molar-refractivity contribution in [1.82, 2.24) is 15.5 Å². The Morgan fingerprint density at radius 1 is 1.13 bits per heavy atom. The minimum atomic E-state index is -0.194. The second-order valence-electron chi connectivity index (χ2n) is 6.65. The summed E-state index contributed by atoms with van der Waals surface area (Å²) >= 11 is 0. The first-order chi connectivity index (χ1) is 14.1. The van der Waals surface area contributed by atoms with Gasteiger partial charge in [0, 0.05) is 31.1 Å². The molecule has 30 heavy (non-hydrogen) atoms. The first-order valence-electron chi connectivity index (χ1n) is 9.61. The molecule has 0 aliphatic carbocycles. The molecular formula is C22H27IN4O3. The molecule has 8 heteroatoms. The second kappa shape index (κ2) is 11.4. The Bertz CT molecular complexity index is 952. The summed E-state index contributed by atoms with van der Waals surface area (Å²) in [6.45, 7) is 4.18. The predicted octanol–water partition coefficient (Wildman–Crippen LogP) is 3.58. The van der Waals surface area contributed by atoms with Crippen LogP contribution in [0.2, 0.25) is 0 Å². The normalized spacial score (nSPS) is 11.1. The standard InChI is InChI=1S/C22H26N4O3.HI/c1-3-23-22(25-13-12-24-21(28)16-8-10-18(27)11-9-16)26(2)15-19-14-17-6-4-5-7-20(17)29-19;/h4-11,14,27H,3,12-13,15H2,1-2H3,(H,23,25)(H,24,28);1H. The van der Waals surface area contributed by atoms with Gasteiger partial charge in [-0.2, -0.15) is 0 Å². The Hall–Kier alpha value is -2.75. The van der Waals surface area contributed by atoms with Crippen LogP contribution in [0.15, 0.2) is 64.0 Å². The zero-order chi connectivity index (χ0) is 20.6. The minimum Gasteiger partial charge on any atom is -0.508 e. The van der Waals surface area contributed by atoms with E-state index in [1.54, 1.807) is 12.1 Å². The summed E-state index contributed by atoms with van der Waals surface area (Å²) in [6, 6.07) is 16.1. The summed E-state index contributed by atoms with van der Waals surface area (Å²) in [4.78, 5) is 18.7. The van der Waals surface area contributed by atoms with E-state index in [-0.39, 0.29) is 35.6 Å². The van der Waals surface area contributed by atoms with Crippen LogP contribution in [-0.4, -0.2) is 48.6 Å². The maximum atomic E-state index is 12.1. The van der Waals surface area contributed by atoms with Gasteiger partial charge in [0.2, 0.25) is 0 Å². The third-order valence-electron chi connectivity index (χ3n) is 4.35. The lowest BCUT2D eigenvalue weighted by molar-refractivity contribution is 0.0955. The van der Waals surface area contributed by atoms with Gasteiger partial charge in [-0.1, -0.05) is 18.2 Å². The Morgan fingerprint density at radius 3 is 2.57 bits per heavy atom. The van der Waals surface area contributed by atoms with Crippen molar-refractivity contribution < 1.29 is 14.3 Å². The van der Waals surface area contributed by atoms with E-state index in [4.69, 9.17) is 4.42 Å². The molecule has 1 amide bonds. The van der Waals surface area contributed by atoms with E-state index in [9.17, 15) is 9.90 Å². The summed E-state index contributed by atoms with van der Waals surface area (Å²) in [7, 11) is 1.95. The Morgan fingerprint density at radius 2 is 1.87 bits per heavy atom. The highest BCUT2D eigenvalue weighted by molar-refractivity contribution is 14.0. The molecular weight excluding hydrogens is 495 g/mol. The van der Waals surface area contributed by atoms with E-state index in [1.165, 1.54) is 12.1 Å². The maximum Gasteiger partial charge on any atom is 0.251 e. The third kappa shape index (κ3) is 6.38. The molecule has 0 aliphatic rings. The SMILES string of the molecule is CCNC(=NCCNC(=O)c1ccc(O)cc1)N(C)Cc1cc2ccccc2o1.I. The van der Waals surface area contributed by atoms with Crippen LogP contribution >= 0.6 is 24.0 Å². The number of para-hydroxylation sites is 1. The molecule has 7 nitrogen and oxygen atoms in total. The van der Waals surface area contributed by atoms with Crippen molar-refractivity contribution in [3.63, 3.8) is 0 Å². The van der Waals surface area contributed by atoms with Crippen molar-refractivity contribution in [3.05, 3.63) is 65.9 Å². The first-order valence-corrected chi connectivity index (χ1v) is 9.61. The van der Waals surface area contributed by atoms with Gasteiger partial charge in [-0.15, -0.1) is 24.0 Å². The van der Waals surface area contributed by atoms with Crippen LogP contribution in [0.5, 0.6) is 5.75 Å². The Kier molecular flexibility index (Phi) is 8.97. The monoisotopic (exact) mass is 522 g/mol. The van der Waals surface area contributed by atoms with Crippen molar-refractivity contribution in [3.8, 4) is 5.75 Å². The molecule has 1 heterocycles. The number of aromatic hydroxyl groups is 1. The lowest BCUT2D eigenvalue weighted by Gasteiger charge is -2.21. The van der Waals surface area contributed by atoms with Crippen LogP contribution in [0.1, 0.15) is 23.0 Å². The number of furan rings is 1. The van der Waals surface area contributed by atoms with E-state index in [0.29, 0.717) is 25.2 Å². The lowest BCUT2D eigenvalue weighted by Crippen LogP contribution is -2.39. The summed E-state index contributed by atoms with van der Waals surface area (Å²) in [5.41, 5.74) is 1.37. The van der Waals surface area contributed by atoms with Gasteiger partial charge in [0.1, 0.15) is 17.1 Å². The molecule has 0 atom stereocenters. The van der Waals surface area contributed by atoms with Gasteiger partial charge in [0.15, 0.2) is 5.96 Å². The molecule has 2 aromatic carbocycles. The molecule has 0 unspecified atom stereocenters. The number of phenolic OH excluding ortho intramolecular Hbond substituents is 1. The lowest BCUT2D eigenvalue weighted by atomic mass is 10.2. The molecule has 1 aromatic heterocycles. The van der Waals surface area contributed by atoms with Gasteiger partial charge in [0.25, 0.3) is 5.91 Å². The fourth-order valence-corrected chi connectivity index (χ4v) is 2.94. The number of rotatable bonds is 7. The summed E-state index contributed by atoms with van der Waals surface area (Å²) in [5.74, 6) is 1.54. The molecule has 0 saturated carbocycles. The fraction of sp³-hybridized carbons (Fsp3) is 0.273. The maximum absolute atomic E-state index is 12.1. The Balaban J connectivity index is 0.00000320. The number of phenols is 1. The number of hydrogen-bond donors (Lipinski definition) is 3. The summed E-state index contributed by atoms with van der Waals surface area (Å²) in [5, 5.41) is 16.5. The average molecular weight is 522 g/mol. The number of amides is 1. The van der Waals surface area contributed by atoms with Crippen molar-refractivity contribution in [2.75, 3.05) is 26.7 Å². The zero-order valence-corrected chi connectivity index (χ0v) is 19.4. The fourth-order valence-electron chi connectivity index (χ4n) is 2.94. The van der Waals surface area contributed by atoms with Gasteiger partial charge in [-0.25, -0.2) is 0 Å². The van der Waals surface area contributed by atoms with Crippen LogP contribution in [0, 0.1) is 0 Å². The van der Waals surface area contributed by atoms with Crippen LogP contribution in [-0.2, 0) is 6.54 Å². The van der Waals surface area contributed by atoms with Crippen LogP contribution < -0.4 is 10.6 Å². The number of halogens is 1. The number of fused-ring (bicyclic) bond motifs is 1. The van der Waals surface area contributed by atoms with E-state index in [2.05, 4.69) is 15.6 Å². The molecule has 0 fully saturated rings. The number of nitrogens with one attached hydrogen (secondary N) is 2. The number of carbonyl (C=O) groups is 1. The van der Waals surface area contributed by atoms with Crippen molar-refractivity contribution in [2.45, 2.75) is 13.5 Å². The quantitative estimate of drug-likeness (QED) is 0.191. The molecule has 0 aliphatic heterocycles. The molecule has 0 saturated heterocycles. The molecule has 0 spiro atoms. The number of carbonyl (C=O) groups excluding carboxylic acids is 1. The van der Waals surface area contributed by atoms with E-state index in [1.807, 2.05) is 49.2 Å². The van der Waals surface area contributed by atoms with Gasteiger partial charge in [0.05, 0.1) is 13.1 Å². The smallest absolute Gasteiger partial charge is 0.251 e. The predicted molar refractivity (Wildman–Crippen MR) is 130 cm³/mol. The van der Waals surface area contributed by atoms with E-state index in [0.717, 1.165) is 29.2 Å². The highest BCUT2D eigenvalue weighted by atomic mass is 127. The van der Waals surface area contributed by atoms with Gasteiger partial charge in [-0.05, 0) is 43.3 Å². The zero-order valence-electron chi connectivity index (χ0n) is 17.1. The van der Waals surface area contributed by atoms with Crippen molar-refractivity contribution in [2.24, 2.45) is 4.99 Å². The van der Waals surface area contributed by atoms with Crippen LogP contribution in [0.4, 0.5) is 0 Å². The number of benzene rings is 2. The largest absolute Gasteiger partial charge is 0.508 e. The molecule has 3 rings (SSSR count). The van der Waals surface area contributed by atoms with Crippen molar-refractivity contribution in [1.29, 1.82) is 0 Å². The summed E-state index contributed by atoms with van der Waals surface area (Å²) < 4.78 is 5.88. The number of guanidine groups is 1. The minimum absolute atomic E-state index is 0. The van der Waals surface area contributed by atoms with Gasteiger partial charge >= 0.3 is 0 Å². The van der Waals surface area contributed by atoms with E-state index >= 15 is 0 Å². The van der Waals surface area contributed by atoms with Gasteiger partial charge in [-0.3, -0.25) is 9.79 Å². The molecule has 3 aromatic rings. The van der Waals surface area contributed by atoms with Crippen molar-refractivity contribution >= 4 is 46.8 Å². The first kappa shape index (κ1) is 23.5. The Labute approximate surface area is 193 Å². The highest BCUT2D eigenvalue weighted by Gasteiger charge is 2.10. The second-order valence-corrected chi connectivity index (χ2v) is 6.65. The number of aliphatic imine (C=N–C) groups is 1. The molecule has 0 bridgehead atoms. The van der Waals surface area contributed by atoms with Crippen LogP contribution in [0.3, 0.4) is 0 Å². The number of hydrogen-bond acceptors (Lipinski definition) is 4. The molecule has 3 N–H and O–H groups in total. The topological polar surface area (TPSA) is 90.1 Å². The number of nitrogens with zero attached hydrogens (tertiary/aromatic N) is 2. The average Bonchev–Trinajstić information content (AvgIpc) is 3.12. The van der Waals surface area contributed by atoms with E-state index < -0.39 is 0 Å². The highest BCUT2D eigenvalue weighted by Crippen LogP contribution is 2.19. The van der Waals surface area contributed by atoms with Gasteiger partial charge < -0.3 is 25.1 Å². The molecule has 0 radical (unpaired) electrons.